The van der Waals surface area contributed by atoms with E-state index in [-0.39, 0.29) is 17.8 Å². The molecular weight excluding hydrogens is 307 g/mol. The number of methoxy groups -OCH3 is 1. The monoisotopic (exact) mass is 327 g/mol. The summed E-state index contributed by atoms with van der Waals surface area (Å²) in [7, 11) is 3.25. The van der Waals surface area contributed by atoms with E-state index in [0.29, 0.717) is 29.7 Å². The molecule has 2 unspecified atom stereocenters. The number of ketones is 1. The Hall–Kier alpha value is -1.82. The molecule has 0 fully saturated rings. The van der Waals surface area contributed by atoms with Gasteiger partial charge in [-0.3, -0.25) is 4.79 Å². The van der Waals surface area contributed by atoms with Crippen LogP contribution >= 0.6 is 0 Å². The van der Waals surface area contributed by atoms with E-state index < -0.39 is 11.7 Å². The van der Waals surface area contributed by atoms with Crippen LogP contribution in [-0.4, -0.2) is 26.0 Å². The molecule has 23 heavy (non-hydrogen) atoms. The molecule has 1 N–H and O–H groups in total. The number of carbonyl (C=O) groups excluding carboxylic acids is 1. The summed E-state index contributed by atoms with van der Waals surface area (Å²) in [5.41, 5.74) is 0.593. The van der Waals surface area contributed by atoms with Gasteiger partial charge in [-0.2, -0.15) is 13.2 Å². The molecule has 1 aromatic carbocycles. The Labute approximate surface area is 133 Å². The average Bonchev–Trinajstić information content (AvgIpc) is 2.82. The van der Waals surface area contributed by atoms with Gasteiger partial charge in [0.05, 0.1) is 11.7 Å². The van der Waals surface area contributed by atoms with Gasteiger partial charge in [0.25, 0.3) is 0 Å². The number of hydrogen-bond donors (Lipinski definition) is 1. The second-order valence-electron chi connectivity index (χ2n) is 5.73. The number of carbonyl (C=O) groups is 1. The molecule has 6 heteroatoms. The van der Waals surface area contributed by atoms with Crippen LogP contribution in [0.1, 0.15) is 30.9 Å². The van der Waals surface area contributed by atoms with Crippen molar-refractivity contribution in [2.45, 2.75) is 32.0 Å². The molecular formula is C17H20F3NO2. The van der Waals surface area contributed by atoms with E-state index in [0.717, 1.165) is 12.1 Å². The Morgan fingerprint density at radius 2 is 2.09 bits per heavy atom. The fraction of sp³-hybridized carbons (Fsp3) is 0.471. The summed E-state index contributed by atoms with van der Waals surface area (Å²) >= 11 is 0. The molecule has 3 nitrogen and oxygen atoms in total. The standard InChI is InChI=1S/C17H20F3NO2/c1-10(23-3)7-12-9-14(21-2)15(16(12)22)11-5-4-6-13(8-11)17(18,19)20/h4-6,8,10,12,21H,7,9H2,1-3H3. The second-order valence-corrected chi connectivity index (χ2v) is 5.73. The highest BCUT2D eigenvalue weighted by Gasteiger charge is 2.36. The number of alkyl halides is 3. The molecule has 0 heterocycles. The first kappa shape index (κ1) is 17.5. The zero-order valence-corrected chi connectivity index (χ0v) is 13.3. The Balaban J connectivity index is 2.35. The van der Waals surface area contributed by atoms with Crippen LogP contribution in [-0.2, 0) is 15.7 Å². The van der Waals surface area contributed by atoms with Crippen molar-refractivity contribution >= 4 is 11.4 Å². The number of nitrogens with one attached hydrogen (secondary N) is 1. The molecule has 2 atom stereocenters. The van der Waals surface area contributed by atoms with Crippen LogP contribution in [0.5, 0.6) is 0 Å². The highest BCUT2D eigenvalue weighted by atomic mass is 19.4. The number of rotatable bonds is 5. The second kappa shape index (κ2) is 6.74. The highest BCUT2D eigenvalue weighted by Crippen LogP contribution is 2.38. The average molecular weight is 327 g/mol. The van der Waals surface area contributed by atoms with Crippen molar-refractivity contribution in [1.82, 2.24) is 5.32 Å². The summed E-state index contributed by atoms with van der Waals surface area (Å²) in [5, 5.41) is 2.96. The molecule has 0 saturated carbocycles. The van der Waals surface area contributed by atoms with Gasteiger partial charge < -0.3 is 10.1 Å². The minimum Gasteiger partial charge on any atom is -0.391 e. The first-order valence-electron chi connectivity index (χ1n) is 7.43. The number of hydrogen-bond acceptors (Lipinski definition) is 3. The first-order chi connectivity index (χ1) is 10.8. The first-order valence-corrected chi connectivity index (χ1v) is 7.43. The Morgan fingerprint density at radius 3 is 2.65 bits per heavy atom. The predicted molar refractivity (Wildman–Crippen MR) is 81.6 cm³/mol. The number of allylic oxidation sites excluding steroid dienone is 2. The summed E-state index contributed by atoms with van der Waals surface area (Å²) in [4.78, 5) is 12.7. The van der Waals surface area contributed by atoms with Crippen molar-refractivity contribution in [2.75, 3.05) is 14.2 Å². The number of halogens is 3. The fourth-order valence-corrected chi connectivity index (χ4v) is 2.88. The largest absolute Gasteiger partial charge is 0.416 e. The van der Waals surface area contributed by atoms with Gasteiger partial charge in [0.2, 0.25) is 0 Å². The molecule has 1 aromatic rings. The van der Waals surface area contributed by atoms with Gasteiger partial charge in [0.15, 0.2) is 5.78 Å². The van der Waals surface area contributed by atoms with Crippen LogP contribution in [0.15, 0.2) is 30.0 Å². The molecule has 1 aliphatic carbocycles. The van der Waals surface area contributed by atoms with E-state index in [4.69, 9.17) is 4.74 Å². The van der Waals surface area contributed by atoms with E-state index in [9.17, 15) is 18.0 Å². The van der Waals surface area contributed by atoms with E-state index in [1.807, 2.05) is 6.92 Å². The number of Topliss-reactive ketones (excluding diaryl/α,β-unsaturated/α-hetero) is 1. The lowest BCUT2D eigenvalue weighted by molar-refractivity contribution is -0.137. The van der Waals surface area contributed by atoms with Gasteiger partial charge in [-0.05, 0) is 37.5 Å². The van der Waals surface area contributed by atoms with E-state index in [2.05, 4.69) is 5.32 Å². The molecule has 0 saturated heterocycles. The van der Waals surface area contributed by atoms with Crippen molar-refractivity contribution in [3.05, 3.63) is 41.1 Å². The van der Waals surface area contributed by atoms with Crippen LogP contribution in [0.25, 0.3) is 5.57 Å². The molecule has 126 valence electrons. The third-order valence-electron chi connectivity index (χ3n) is 4.17. The minimum atomic E-state index is -4.43. The van der Waals surface area contributed by atoms with Crippen LogP contribution in [0.2, 0.25) is 0 Å². The molecule has 0 spiro atoms. The van der Waals surface area contributed by atoms with Crippen LogP contribution in [0, 0.1) is 5.92 Å². The van der Waals surface area contributed by atoms with Crippen molar-refractivity contribution in [1.29, 1.82) is 0 Å². The van der Waals surface area contributed by atoms with Crippen molar-refractivity contribution in [3.63, 3.8) is 0 Å². The van der Waals surface area contributed by atoms with Gasteiger partial charge in [0.1, 0.15) is 0 Å². The summed E-state index contributed by atoms with van der Waals surface area (Å²) in [6.45, 7) is 1.87. The van der Waals surface area contributed by atoms with Gasteiger partial charge in [0, 0.05) is 31.3 Å². The Bertz CT molecular complexity index is 623. The zero-order chi connectivity index (χ0) is 17.2. The van der Waals surface area contributed by atoms with Gasteiger partial charge >= 0.3 is 6.18 Å². The minimum absolute atomic E-state index is 0.0806. The molecule has 0 aliphatic heterocycles. The summed E-state index contributed by atoms with van der Waals surface area (Å²) < 4.78 is 43.9. The zero-order valence-electron chi connectivity index (χ0n) is 13.3. The molecule has 0 aromatic heterocycles. The van der Waals surface area contributed by atoms with E-state index in [1.54, 1.807) is 20.2 Å². The molecule has 0 radical (unpaired) electrons. The lowest BCUT2D eigenvalue weighted by atomic mass is 9.94. The maximum atomic E-state index is 12.9. The van der Waals surface area contributed by atoms with Crippen molar-refractivity contribution in [2.24, 2.45) is 5.92 Å². The predicted octanol–water partition coefficient (Wildman–Crippen LogP) is 3.65. The maximum absolute atomic E-state index is 12.9. The Morgan fingerprint density at radius 1 is 1.39 bits per heavy atom. The lowest BCUT2D eigenvalue weighted by Gasteiger charge is -2.14. The maximum Gasteiger partial charge on any atom is 0.416 e. The number of ether oxygens (including phenoxy) is 1. The van der Waals surface area contributed by atoms with Gasteiger partial charge in [-0.15, -0.1) is 0 Å². The quantitative estimate of drug-likeness (QED) is 0.897. The number of benzene rings is 1. The normalized spacial score (nSPS) is 20.1. The Kier molecular flexibility index (Phi) is 5.14. The van der Waals surface area contributed by atoms with Gasteiger partial charge in [-0.25, -0.2) is 0 Å². The fourth-order valence-electron chi connectivity index (χ4n) is 2.88. The third kappa shape index (κ3) is 3.75. The van der Waals surface area contributed by atoms with Gasteiger partial charge in [-0.1, -0.05) is 12.1 Å². The highest BCUT2D eigenvalue weighted by molar-refractivity contribution is 6.24. The molecule has 2 rings (SSSR count). The summed E-state index contributed by atoms with van der Waals surface area (Å²) in [6, 6.07) is 4.92. The molecule has 0 bridgehead atoms. The third-order valence-corrected chi connectivity index (χ3v) is 4.17. The summed E-state index contributed by atoms with van der Waals surface area (Å²) in [6.07, 6.45) is -3.47. The molecule has 0 amide bonds. The smallest absolute Gasteiger partial charge is 0.391 e. The van der Waals surface area contributed by atoms with E-state index >= 15 is 0 Å². The van der Waals surface area contributed by atoms with Crippen LogP contribution in [0.3, 0.4) is 0 Å². The van der Waals surface area contributed by atoms with Crippen LogP contribution in [0.4, 0.5) is 13.2 Å². The molecule has 1 aliphatic rings. The van der Waals surface area contributed by atoms with Crippen LogP contribution < -0.4 is 5.32 Å². The van der Waals surface area contributed by atoms with E-state index in [1.165, 1.54) is 6.07 Å². The lowest BCUT2D eigenvalue weighted by Crippen LogP contribution is -2.17. The van der Waals surface area contributed by atoms with Crippen molar-refractivity contribution in [3.8, 4) is 0 Å². The SMILES string of the molecule is CNC1=C(c2cccc(C(F)(F)F)c2)C(=O)C(CC(C)OC)C1. The van der Waals surface area contributed by atoms with Crippen molar-refractivity contribution < 1.29 is 22.7 Å². The topological polar surface area (TPSA) is 38.3 Å². The summed E-state index contributed by atoms with van der Waals surface area (Å²) in [5.74, 6) is -0.394.